The van der Waals surface area contributed by atoms with E-state index in [4.69, 9.17) is 4.74 Å². The van der Waals surface area contributed by atoms with Crippen LogP contribution in [0.15, 0.2) is 48.5 Å². The summed E-state index contributed by atoms with van der Waals surface area (Å²) in [6.07, 6.45) is 0. The van der Waals surface area contributed by atoms with Crippen LogP contribution in [-0.4, -0.2) is 18.6 Å². The molecule has 2 aromatic rings. The highest BCUT2D eigenvalue weighted by molar-refractivity contribution is 5.96. The summed E-state index contributed by atoms with van der Waals surface area (Å²) in [5.41, 5.74) is 2.73. The van der Waals surface area contributed by atoms with Gasteiger partial charge in [-0.05, 0) is 50.6 Å². The highest BCUT2D eigenvalue weighted by Gasteiger charge is 2.14. The summed E-state index contributed by atoms with van der Waals surface area (Å²) in [6.45, 7) is 6.34. The van der Waals surface area contributed by atoms with E-state index in [1.165, 1.54) is 0 Å². The molecule has 0 saturated carbocycles. The Morgan fingerprint density at radius 1 is 1.18 bits per heavy atom. The first kappa shape index (κ1) is 15.9. The van der Waals surface area contributed by atoms with Gasteiger partial charge in [0, 0.05) is 5.69 Å². The van der Waals surface area contributed by atoms with Crippen LogP contribution in [0.2, 0.25) is 0 Å². The van der Waals surface area contributed by atoms with Crippen LogP contribution in [0.1, 0.15) is 19.4 Å². The Labute approximate surface area is 131 Å². The van der Waals surface area contributed by atoms with Crippen molar-refractivity contribution in [2.24, 2.45) is 0 Å². The average molecular weight is 298 g/mol. The van der Waals surface area contributed by atoms with Gasteiger partial charge in [-0.2, -0.15) is 0 Å². The Bertz CT molecular complexity index is 640. The molecule has 0 bridgehead atoms. The van der Waals surface area contributed by atoms with Gasteiger partial charge in [-0.25, -0.2) is 0 Å². The Kier molecular flexibility index (Phi) is 5.42. The molecule has 22 heavy (non-hydrogen) atoms. The number of amides is 1. The third-order valence-corrected chi connectivity index (χ3v) is 3.24. The molecular formula is C18H22N2O2. The van der Waals surface area contributed by atoms with Crippen LogP contribution in [0, 0.1) is 6.92 Å². The molecule has 0 unspecified atom stereocenters. The van der Waals surface area contributed by atoms with Crippen molar-refractivity contribution >= 4 is 17.3 Å². The van der Waals surface area contributed by atoms with Gasteiger partial charge < -0.3 is 15.4 Å². The maximum Gasteiger partial charge on any atom is 0.246 e. The number of benzene rings is 2. The lowest BCUT2D eigenvalue weighted by Crippen LogP contribution is -2.32. The maximum absolute atomic E-state index is 12.3. The summed E-state index contributed by atoms with van der Waals surface area (Å²) in [5.74, 6) is 0.664. The third-order valence-electron chi connectivity index (χ3n) is 3.24. The number of carbonyl (C=O) groups is 1. The molecule has 0 aromatic heterocycles. The lowest BCUT2D eigenvalue weighted by Gasteiger charge is -2.18. The number of anilines is 2. The number of nitrogens with one attached hydrogen (secondary N) is 2. The van der Waals surface area contributed by atoms with Crippen LogP contribution in [0.5, 0.6) is 5.75 Å². The Morgan fingerprint density at radius 2 is 1.95 bits per heavy atom. The fourth-order valence-corrected chi connectivity index (χ4v) is 2.14. The first-order valence-corrected chi connectivity index (χ1v) is 7.46. The van der Waals surface area contributed by atoms with Crippen molar-refractivity contribution in [3.05, 3.63) is 54.1 Å². The molecule has 4 nitrogen and oxygen atoms in total. The molecule has 0 aliphatic carbocycles. The molecule has 0 heterocycles. The van der Waals surface area contributed by atoms with E-state index >= 15 is 0 Å². The summed E-state index contributed by atoms with van der Waals surface area (Å²) in [7, 11) is 0. The molecule has 0 fully saturated rings. The van der Waals surface area contributed by atoms with Gasteiger partial charge in [0.05, 0.1) is 12.3 Å². The van der Waals surface area contributed by atoms with E-state index in [-0.39, 0.29) is 11.9 Å². The summed E-state index contributed by atoms with van der Waals surface area (Å²) in [4.78, 5) is 12.3. The van der Waals surface area contributed by atoms with E-state index in [9.17, 15) is 4.79 Å². The molecule has 2 rings (SSSR count). The number of carbonyl (C=O) groups excluding carboxylic acids is 1. The van der Waals surface area contributed by atoms with E-state index in [2.05, 4.69) is 10.6 Å². The van der Waals surface area contributed by atoms with Crippen molar-refractivity contribution in [1.82, 2.24) is 0 Å². The number of aryl methyl sites for hydroxylation is 1. The number of hydrogen-bond donors (Lipinski definition) is 2. The molecule has 0 radical (unpaired) electrons. The highest BCUT2D eigenvalue weighted by atomic mass is 16.5. The maximum atomic E-state index is 12.3. The number of para-hydroxylation sites is 2. The molecule has 0 aliphatic heterocycles. The predicted octanol–water partition coefficient (Wildman–Crippen LogP) is 3.83. The second kappa shape index (κ2) is 7.50. The molecule has 0 aliphatic rings. The fraction of sp³-hybridized carbons (Fsp3) is 0.278. The molecule has 0 saturated heterocycles. The largest absolute Gasteiger partial charge is 0.492 e. The minimum Gasteiger partial charge on any atom is -0.492 e. The van der Waals surface area contributed by atoms with Crippen LogP contribution in [0.25, 0.3) is 0 Å². The van der Waals surface area contributed by atoms with Gasteiger partial charge in [-0.3, -0.25) is 4.79 Å². The fourth-order valence-electron chi connectivity index (χ4n) is 2.14. The van der Waals surface area contributed by atoms with Crippen LogP contribution in [0.3, 0.4) is 0 Å². The van der Waals surface area contributed by atoms with Crippen LogP contribution in [-0.2, 0) is 4.79 Å². The van der Waals surface area contributed by atoms with Crippen molar-refractivity contribution in [2.45, 2.75) is 26.8 Å². The second-order valence-electron chi connectivity index (χ2n) is 5.15. The lowest BCUT2D eigenvalue weighted by molar-refractivity contribution is -0.116. The Hall–Kier alpha value is -2.49. The monoisotopic (exact) mass is 298 g/mol. The first-order valence-electron chi connectivity index (χ1n) is 7.46. The van der Waals surface area contributed by atoms with E-state index in [0.717, 1.165) is 22.7 Å². The van der Waals surface area contributed by atoms with Gasteiger partial charge in [0.25, 0.3) is 0 Å². The minimum absolute atomic E-state index is 0.0862. The molecular weight excluding hydrogens is 276 g/mol. The third kappa shape index (κ3) is 4.25. The number of rotatable bonds is 6. The molecule has 1 amide bonds. The molecule has 116 valence electrons. The summed E-state index contributed by atoms with van der Waals surface area (Å²) < 4.78 is 5.56. The van der Waals surface area contributed by atoms with Crippen molar-refractivity contribution < 1.29 is 9.53 Å². The van der Waals surface area contributed by atoms with Crippen molar-refractivity contribution in [1.29, 1.82) is 0 Å². The zero-order valence-corrected chi connectivity index (χ0v) is 13.2. The van der Waals surface area contributed by atoms with Gasteiger partial charge in [0.2, 0.25) is 5.91 Å². The van der Waals surface area contributed by atoms with Gasteiger partial charge >= 0.3 is 0 Å². The van der Waals surface area contributed by atoms with Crippen molar-refractivity contribution in [3.63, 3.8) is 0 Å². The van der Waals surface area contributed by atoms with Gasteiger partial charge in [-0.1, -0.05) is 24.3 Å². The zero-order valence-electron chi connectivity index (χ0n) is 13.2. The summed E-state index contributed by atoms with van der Waals surface area (Å²) in [5, 5.41) is 6.10. The van der Waals surface area contributed by atoms with Crippen molar-refractivity contribution in [3.8, 4) is 5.75 Å². The van der Waals surface area contributed by atoms with E-state index < -0.39 is 0 Å². The minimum atomic E-state index is -0.373. The average Bonchev–Trinajstić information content (AvgIpc) is 2.49. The number of ether oxygens (including phenoxy) is 1. The summed E-state index contributed by atoms with van der Waals surface area (Å²) >= 11 is 0. The quantitative estimate of drug-likeness (QED) is 0.852. The molecule has 0 spiro atoms. The topological polar surface area (TPSA) is 50.4 Å². The van der Waals surface area contributed by atoms with Crippen LogP contribution < -0.4 is 15.4 Å². The predicted molar refractivity (Wildman–Crippen MR) is 90.5 cm³/mol. The summed E-state index contributed by atoms with van der Waals surface area (Å²) in [6, 6.07) is 15.0. The van der Waals surface area contributed by atoms with Crippen LogP contribution >= 0.6 is 0 Å². The Morgan fingerprint density at radius 3 is 2.68 bits per heavy atom. The SMILES string of the molecule is CCOc1ccccc1N[C@@H](C)C(=O)Nc1cccc(C)c1. The highest BCUT2D eigenvalue weighted by Crippen LogP contribution is 2.24. The zero-order chi connectivity index (χ0) is 15.9. The van der Waals surface area contributed by atoms with Crippen LogP contribution in [0.4, 0.5) is 11.4 Å². The van der Waals surface area contributed by atoms with Crippen molar-refractivity contribution in [2.75, 3.05) is 17.2 Å². The van der Waals surface area contributed by atoms with Gasteiger partial charge in [-0.15, -0.1) is 0 Å². The van der Waals surface area contributed by atoms with E-state index in [1.54, 1.807) is 0 Å². The number of hydrogen-bond acceptors (Lipinski definition) is 3. The van der Waals surface area contributed by atoms with E-state index in [0.29, 0.717) is 6.61 Å². The standard InChI is InChI=1S/C18H22N2O2/c1-4-22-17-11-6-5-10-16(17)19-14(3)18(21)20-15-9-7-8-13(2)12-15/h5-12,14,19H,4H2,1-3H3,(H,20,21)/t14-/m0/s1. The molecule has 1 atom stereocenters. The normalized spacial score (nSPS) is 11.6. The molecule has 2 N–H and O–H groups in total. The van der Waals surface area contributed by atoms with Gasteiger partial charge in [0.1, 0.15) is 11.8 Å². The molecule has 2 aromatic carbocycles. The second-order valence-corrected chi connectivity index (χ2v) is 5.15. The van der Waals surface area contributed by atoms with Gasteiger partial charge in [0.15, 0.2) is 0 Å². The first-order chi connectivity index (χ1) is 10.6. The lowest BCUT2D eigenvalue weighted by atomic mass is 10.2. The van der Waals surface area contributed by atoms with E-state index in [1.807, 2.05) is 69.3 Å². The Balaban J connectivity index is 2.02. The smallest absolute Gasteiger partial charge is 0.246 e. The molecule has 4 heteroatoms.